The summed E-state index contributed by atoms with van der Waals surface area (Å²) in [6.07, 6.45) is 2.56. The molecule has 44 heavy (non-hydrogen) atoms. The third-order valence-corrected chi connectivity index (χ3v) is 9.41. The molecule has 2 heterocycles. The van der Waals surface area contributed by atoms with Gasteiger partial charge in [0.25, 0.3) is 0 Å². The third kappa shape index (κ3) is 7.73. The average Bonchev–Trinajstić information content (AvgIpc) is 2.97. The zero-order valence-corrected chi connectivity index (χ0v) is 24.8. The van der Waals surface area contributed by atoms with Gasteiger partial charge >= 0.3 is 6.09 Å². The first-order chi connectivity index (χ1) is 21.0. The molecule has 1 amide bonds. The number of sulfone groups is 1. The Hall–Kier alpha value is -3.59. The van der Waals surface area contributed by atoms with Crippen LogP contribution in [0, 0.1) is 11.6 Å². The molecule has 3 aromatic rings. The SMILES string of the molecule is O=C(Oc1cccc(CON(O)O)c1)N1C2C=C(c3ccc(CCCOc4c(F)ccc(F)c4Cl)cc3)CC1CS(=O)(=O)C2. The highest BCUT2D eigenvalue weighted by Crippen LogP contribution is 2.35. The number of rotatable bonds is 10. The molecule has 14 heteroatoms. The highest BCUT2D eigenvalue weighted by atomic mass is 35.5. The van der Waals surface area contributed by atoms with E-state index in [4.69, 9.17) is 31.5 Å². The van der Waals surface area contributed by atoms with Gasteiger partial charge in [0.15, 0.2) is 21.4 Å². The Morgan fingerprint density at radius 3 is 2.50 bits per heavy atom. The van der Waals surface area contributed by atoms with Gasteiger partial charge in [-0.05, 0) is 65.8 Å². The maximum atomic E-state index is 13.9. The van der Waals surface area contributed by atoms with Crippen molar-refractivity contribution in [3.05, 3.63) is 100 Å². The van der Waals surface area contributed by atoms with Gasteiger partial charge in [-0.3, -0.25) is 15.3 Å². The van der Waals surface area contributed by atoms with E-state index in [0.717, 1.165) is 28.8 Å². The summed E-state index contributed by atoms with van der Waals surface area (Å²) in [5, 5.41) is 16.7. The van der Waals surface area contributed by atoms with Crippen LogP contribution in [0.15, 0.2) is 66.7 Å². The van der Waals surface area contributed by atoms with Gasteiger partial charge in [-0.15, -0.1) is 0 Å². The summed E-state index contributed by atoms with van der Waals surface area (Å²) in [7, 11) is -3.38. The summed E-state index contributed by atoms with van der Waals surface area (Å²) in [6, 6.07) is 14.6. The molecule has 2 aliphatic rings. The number of amides is 1. The number of benzene rings is 3. The fourth-order valence-corrected chi connectivity index (χ4v) is 7.34. The number of hydrogen-bond donors (Lipinski definition) is 2. The molecule has 3 aromatic carbocycles. The number of halogens is 3. The molecule has 2 N–H and O–H groups in total. The Kier molecular flexibility index (Phi) is 9.83. The van der Waals surface area contributed by atoms with Gasteiger partial charge in [0, 0.05) is 0 Å². The summed E-state index contributed by atoms with van der Waals surface area (Å²) >= 11 is 5.80. The van der Waals surface area contributed by atoms with E-state index in [9.17, 15) is 22.0 Å². The number of nitrogens with zero attached hydrogens (tertiary/aromatic N) is 2. The Balaban J connectivity index is 1.22. The van der Waals surface area contributed by atoms with E-state index in [-0.39, 0.29) is 36.2 Å². The van der Waals surface area contributed by atoms with Crippen molar-refractivity contribution < 1.29 is 46.7 Å². The molecule has 10 nitrogen and oxygen atoms in total. The molecule has 0 aromatic heterocycles. The van der Waals surface area contributed by atoms with Crippen LogP contribution in [0.1, 0.15) is 29.5 Å². The summed E-state index contributed by atoms with van der Waals surface area (Å²) in [4.78, 5) is 19.3. The van der Waals surface area contributed by atoms with Crippen LogP contribution < -0.4 is 9.47 Å². The molecule has 234 valence electrons. The molecule has 1 fully saturated rings. The van der Waals surface area contributed by atoms with E-state index >= 15 is 0 Å². The molecule has 0 radical (unpaired) electrons. The highest BCUT2D eigenvalue weighted by Gasteiger charge is 2.44. The van der Waals surface area contributed by atoms with E-state index in [1.165, 1.54) is 11.0 Å². The normalized spacial score (nSPS) is 19.0. The minimum Gasteiger partial charge on any atom is -0.489 e. The molecular formula is C30H29ClF2N2O8S. The van der Waals surface area contributed by atoms with Crippen LogP contribution in [0.3, 0.4) is 0 Å². The minimum absolute atomic E-state index is 0.138. The van der Waals surface area contributed by atoms with Crippen LogP contribution in [0.5, 0.6) is 11.5 Å². The lowest BCUT2D eigenvalue weighted by Crippen LogP contribution is -2.59. The Bertz CT molecular complexity index is 1650. The van der Waals surface area contributed by atoms with E-state index in [0.29, 0.717) is 24.8 Å². The fourth-order valence-electron chi connectivity index (χ4n) is 5.35. The van der Waals surface area contributed by atoms with Gasteiger partial charge in [0.05, 0.1) is 42.2 Å². The first-order valence-electron chi connectivity index (χ1n) is 13.7. The maximum Gasteiger partial charge on any atom is 0.416 e. The van der Waals surface area contributed by atoms with Gasteiger partial charge in [-0.2, -0.15) is 0 Å². The monoisotopic (exact) mass is 650 g/mol. The molecular weight excluding hydrogens is 622 g/mol. The molecule has 2 unspecified atom stereocenters. The topological polar surface area (TPSA) is 126 Å². The Morgan fingerprint density at radius 2 is 1.77 bits per heavy atom. The lowest BCUT2D eigenvalue weighted by molar-refractivity contribution is -0.497. The number of aryl methyl sites for hydroxylation is 1. The van der Waals surface area contributed by atoms with Crippen LogP contribution in [0.25, 0.3) is 5.57 Å². The van der Waals surface area contributed by atoms with Gasteiger partial charge in [0.2, 0.25) is 0 Å². The van der Waals surface area contributed by atoms with Crippen molar-refractivity contribution in [1.82, 2.24) is 10.3 Å². The number of fused-ring (bicyclic) bond motifs is 2. The Morgan fingerprint density at radius 1 is 1.02 bits per heavy atom. The second-order valence-corrected chi connectivity index (χ2v) is 13.0. The molecule has 0 aliphatic carbocycles. The van der Waals surface area contributed by atoms with Gasteiger partial charge in [-0.1, -0.05) is 54.1 Å². The van der Waals surface area contributed by atoms with Crippen molar-refractivity contribution in [2.45, 2.75) is 38.0 Å². The standard InChI is InChI=1S/C30H29ClF2N2O8S/c31-28-26(32)10-11-27(33)29(28)41-12-2-4-19-6-8-21(9-7-19)22-14-23-17-44(39,40)18-24(15-22)34(23)30(36)43-25-5-1-3-20(13-25)16-42-35(37)38/h1,3,5-11,13-14,23-24,37-38H,2,4,12,15-18H2. The van der Waals surface area contributed by atoms with Crippen LogP contribution in [0.4, 0.5) is 13.6 Å². The molecule has 0 saturated carbocycles. The van der Waals surface area contributed by atoms with Crippen molar-refractivity contribution in [2.75, 3.05) is 18.1 Å². The van der Waals surface area contributed by atoms with E-state index in [2.05, 4.69) is 4.84 Å². The van der Waals surface area contributed by atoms with Crippen molar-refractivity contribution in [3.63, 3.8) is 0 Å². The van der Waals surface area contributed by atoms with Crippen molar-refractivity contribution in [3.8, 4) is 11.5 Å². The summed E-state index contributed by atoms with van der Waals surface area (Å²) in [5.41, 5.74) is 3.32. The predicted molar refractivity (Wildman–Crippen MR) is 155 cm³/mol. The number of hydrogen-bond acceptors (Lipinski definition) is 9. The van der Waals surface area contributed by atoms with Crippen molar-refractivity contribution >= 4 is 33.1 Å². The van der Waals surface area contributed by atoms with E-state index < -0.39 is 50.1 Å². The fraction of sp³-hybridized carbons (Fsp3) is 0.300. The van der Waals surface area contributed by atoms with Crippen molar-refractivity contribution in [1.29, 1.82) is 0 Å². The Labute approximate surface area is 257 Å². The number of ether oxygens (including phenoxy) is 2. The molecule has 2 bridgehead atoms. The number of carbonyl (C=O) groups excluding carboxylic acids is 1. The zero-order valence-electron chi connectivity index (χ0n) is 23.2. The first-order valence-corrected chi connectivity index (χ1v) is 15.9. The lowest BCUT2D eigenvalue weighted by Gasteiger charge is -2.43. The molecule has 5 rings (SSSR count). The van der Waals surface area contributed by atoms with Crippen LogP contribution in [0.2, 0.25) is 5.02 Å². The van der Waals surface area contributed by atoms with Gasteiger partial charge < -0.3 is 9.47 Å². The molecule has 1 saturated heterocycles. The van der Waals surface area contributed by atoms with E-state index in [1.807, 2.05) is 24.3 Å². The van der Waals surface area contributed by atoms with E-state index in [1.54, 1.807) is 24.3 Å². The minimum atomic E-state index is -3.38. The largest absolute Gasteiger partial charge is 0.489 e. The molecule has 2 aliphatic heterocycles. The zero-order chi connectivity index (χ0) is 31.4. The summed E-state index contributed by atoms with van der Waals surface area (Å²) < 4.78 is 63.6. The summed E-state index contributed by atoms with van der Waals surface area (Å²) in [5.74, 6) is -2.03. The quantitative estimate of drug-likeness (QED) is 0.164. The average molecular weight is 651 g/mol. The second kappa shape index (κ2) is 13.6. The second-order valence-electron chi connectivity index (χ2n) is 10.5. The highest BCUT2D eigenvalue weighted by molar-refractivity contribution is 7.91. The molecule has 0 spiro atoms. The van der Waals surface area contributed by atoms with Crippen molar-refractivity contribution in [2.24, 2.45) is 0 Å². The van der Waals surface area contributed by atoms with Gasteiger partial charge in [0.1, 0.15) is 16.6 Å². The first kappa shape index (κ1) is 31.8. The predicted octanol–water partition coefficient (Wildman–Crippen LogP) is 5.60. The number of carbonyl (C=O) groups is 1. The van der Waals surface area contributed by atoms with Gasteiger partial charge in [-0.25, -0.2) is 26.8 Å². The lowest BCUT2D eigenvalue weighted by atomic mass is 9.91. The third-order valence-electron chi connectivity index (χ3n) is 7.31. The van der Waals surface area contributed by atoms with Crippen LogP contribution in [-0.2, 0) is 27.7 Å². The summed E-state index contributed by atoms with van der Waals surface area (Å²) in [6.45, 7) is -0.0488. The maximum absolute atomic E-state index is 13.9. The van der Waals surface area contributed by atoms with Crippen LogP contribution >= 0.6 is 11.6 Å². The van der Waals surface area contributed by atoms with Crippen LogP contribution in [-0.4, -0.2) is 65.4 Å². The smallest absolute Gasteiger partial charge is 0.416 e. The molecule has 2 atom stereocenters.